The van der Waals surface area contributed by atoms with Crippen LogP contribution in [0.3, 0.4) is 0 Å². The van der Waals surface area contributed by atoms with Crippen molar-refractivity contribution in [2.24, 2.45) is 11.3 Å². The molecule has 0 spiro atoms. The predicted octanol–water partition coefficient (Wildman–Crippen LogP) is 4.30. The second-order valence-corrected chi connectivity index (χ2v) is 7.17. The van der Waals surface area contributed by atoms with Crippen molar-refractivity contribution in [3.05, 3.63) is 11.6 Å². The van der Waals surface area contributed by atoms with Gasteiger partial charge in [0.25, 0.3) is 0 Å². The number of hydrogen-bond acceptors (Lipinski definition) is 2. The minimum absolute atomic E-state index is 0.0682. The Balaban J connectivity index is 2.20. The summed E-state index contributed by atoms with van der Waals surface area (Å²) < 4.78 is 12.4. The molecule has 0 amide bonds. The average molecular weight is 252 g/mol. The first-order valence-corrected chi connectivity index (χ1v) is 7.23. The maximum absolute atomic E-state index is 6.24. The van der Waals surface area contributed by atoms with Crippen molar-refractivity contribution < 1.29 is 9.47 Å². The first-order valence-electron chi connectivity index (χ1n) is 7.23. The van der Waals surface area contributed by atoms with Crippen molar-refractivity contribution in [3.8, 4) is 0 Å². The molecule has 2 aliphatic rings. The van der Waals surface area contributed by atoms with Crippen LogP contribution in [0, 0.1) is 11.3 Å². The normalized spacial score (nSPS) is 44.6. The van der Waals surface area contributed by atoms with Crippen LogP contribution in [0.2, 0.25) is 0 Å². The fourth-order valence-corrected chi connectivity index (χ4v) is 3.33. The Labute approximate surface area is 112 Å². The summed E-state index contributed by atoms with van der Waals surface area (Å²) in [5, 5.41) is 0. The van der Waals surface area contributed by atoms with E-state index in [1.165, 1.54) is 12.0 Å². The van der Waals surface area contributed by atoms with Gasteiger partial charge in [-0.05, 0) is 46.5 Å². The van der Waals surface area contributed by atoms with Crippen LogP contribution in [0.15, 0.2) is 11.6 Å². The monoisotopic (exact) mass is 252 g/mol. The summed E-state index contributed by atoms with van der Waals surface area (Å²) >= 11 is 0. The van der Waals surface area contributed by atoms with Crippen molar-refractivity contribution in [1.29, 1.82) is 0 Å². The summed E-state index contributed by atoms with van der Waals surface area (Å²) in [5.74, 6) is 0.511. The zero-order valence-corrected chi connectivity index (χ0v) is 12.7. The molecule has 104 valence electrons. The molecule has 0 aromatic rings. The average Bonchev–Trinajstić information content (AvgIpc) is 2.21. The predicted molar refractivity (Wildman–Crippen MR) is 74.4 cm³/mol. The van der Waals surface area contributed by atoms with E-state index in [1.54, 1.807) is 0 Å². The quantitative estimate of drug-likeness (QED) is 0.648. The molecule has 0 N–H and O–H groups in total. The third-order valence-electron chi connectivity index (χ3n) is 4.73. The van der Waals surface area contributed by atoms with Gasteiger partial charge >= 0.3 is 0 Å². The summed E-state index contributed by atoms with van der Waals surface area (Å²) in [4.78, 5) is 0. The molecular weight excluding hydrogens is 224 g/mol. The Kier molecular flexibility index (Phi) is 3.63. The standard InChI is InChI=1S/C16H28O2/c1-11-7-8-16(6,12(2)9-11)14-17-13(3)10-15(4,5)18-14/h9,12-14H,7-8,10H2,1-6H3/t12-,13-,14-,16-/m0/s1. The highest BCUT2D eigenvalue weighted by atomic mass is 16.7. The van der Waals surface area contributed by atoms with Gasteiger partial charge in [0.05, 0.1) is 11.7 Å². The highest BCUT2D eigenvalue weighted by Crippen LogP contribution is 2.47. The zero-order valence-electron chi connectivity index (χ0n) is 12.7. The molecule has 4 atom stereocenters. The van der Waals surface area contributed by atoms with E-state index in [1.807, 2.05) is 0 Å². The summed E-state index contributed by atoms with van der Waals surface area (Å²) in [6.07, 6.45) is 5.90. The van der Waals surface area contributed by atoms with Gasteiger partial charge in [0.2, 0.25) is 0 Å². The van der Waals surface area contributed by atoms with Gasteiger partial charge in [0.1, 0.15) is 0 Å². The summed E-state index contributed by atoms with van der Waals surface area (Å²) in [6.45, 7) is 13.4. The molecule has 1 heterocycles. The van der Waals surface area contributed by atoms with E-state index in [0.717, 1.165) is 12.8 Å². The van der Waals surface area contributed by atoms with Gasteiger partial charge in [0.15, 0.2) is 6.29 Å². The molecule has 2 rings (SSSR count). The van der Waals surface area contributed by atoms with Crippen molar-refractivity contribution >= 4 is 0 Å². The molecule has 1 aliphatic carbocycles. The lowest BCUT2D eigenvalue weighted by atomic mass is 9.69. The van der Waals surface area contributed by atoms with Crippen LogP contribution in [-0.2, 0) is 9.47 Å². The SMILES string of the molecule is CC1=C[C@H](C)[C@@](C)([C@H]2O[C@@H](C)CC(C)(C)O2)CC1. The molecule has 2 heteroatoms. The number of ether oxygens (including phenoxy) is 2. The van der Waals surface area contributed by atoms with Crippen LogP contribution < -0.4 is 0 Å². The number of rotatable bonds is 1. The van der Waals surface area contributed by atoms with Crippen molar-refractivity contribution in [3.63, 3.8) is 0 Å². The van der Waals surface area contributed by atoms with Crippen LogP contribution in [0.4, 0.5) is 0 Å². The van der Waals surface area contributed by atoms with Crippen LogP contribution >= 0.6 is 0 Å². The molecular formula is C16H28O2. The topological polar surface area (TPSA) is 18.5 Å². The highest BCUT2D eigenvalue weighted by Gasteiger charge is 2.47. The smallest absolute Gasteiger partial charge is 0.164 e. The third kappa shape index (κ3) is 2.65. The molecule has 1 aliphatic heterocycles. The third-order valence-corrected chi connectivity index (χ3v) is 4.73. The summed E-state index contributed by atoms with van der Waals surface area (Å²) in [7, 11) is 0. The first kappa shape index (κ1) is 14.1. The largest absolute Gasteiger partial charge is 0.349 e. The lowest BCUT2D eigenvalue weighted by molar-refractivity contribution is -0.314. The molecule has 0 saturated carbocycles. The highest BCUT2D eigenvalue weighted by molar-refractivity contribution is 5.11. The molecule has 0 radical (unpaired) electrons. The van der Waals surface area contributed by atoms with Crippen molar-refractivity contribution in [2.45, 2.75) is 78.8 Å². The van der Waals surface area contributed by atoms with Crippen LogP contribution in [0.5, 0.6) is 0 Å². The minimum Gasteiger partial charge on any atom is -0.349 e. The Morgan fingerprint density at radius 3 is 2.44 bits per heavy atom. The first-order chi connectivity index (χ1) is 8.23. The maximum atomic E-state index is 6.24. The molecule has 1 saturated heterocycles. The second kappa shape index (κ2) is 4.64. The molecule has 18 heavy (non-hydrogen) atoms. The van der Waals surface area contributed by atoms with Gasteiger partial charge in [-0.2, -0.15) is 0 Å². The van der Waals surface area contributed by atoms with Gasteiger partial charge in [-0.3, -0.25) is 0 Å². The Bertz CT molecular complexity index is 345. The second-order valence-electron chi connectivity index (χ2n) is 7.17. The van der Waals surface area contributed by atoms with Crippen LogP contribution in [-0.4, -0.2) is 18.0 Å². The lowest BCUT2D eigenvalue weighted by Gasteiger charge is -2.50. The lowest BCUT2D eigenvalue weighted by Crippen LogP contribution is -2.52. The van der Waals surface area contributed by atoms with Gasteiger partial charge < -0.3 is 9.47 Å². The molecule has 2 nitrogen and oxygen atoms in total. The minimum atomic E-state index is -0.0735. The fraction of sp³-hybridized carbons (Fsp3) is 0.875. The molecule has 0 bridgehead atoms. The number of hydrogen-bond donors (Lipinski definition) is 0. The molecule has 0 aromatic heterocycles. The summed E-state index contributed by atoms with van der Waals surface area (Å²) in [6, 6.07) is 0. The van der Waals surface area contributed by atoms with Gasteiger partial charge in [-0.25, -0.2) is 0 Å². The van der Waals surface area contributed by atoms with E-state index in [4.69, 9.17) is 9.47 Å². The van der Waals surface area contributed by atoms with Gasteiger partial charge in [-0.1, -0.05) is 25.5 Å². The van der Waals surface area contributed by atoms with E-state index in [-0.39, 0.29) is 23.4 Å². The fourth-order valence-electron chi connectivity index (χ4n) is 3.33. The Morgan fingerprint density at radius 2 is 1.89 bits per heavy atom. The number of allylic oxidation sites excluding steroid dienone is 2. The zero-order chi connectivity index (χ0) is 13.6. The maximum Gasteiger partial charge on any atom is 0.164 e. The van der Waals surface area contributed by atoms with E-state index in [9.17, 15) is 0 Å². The molecule has 1 fully saturated rings. The van der Waals surface area contributed by atoms with E-state index < -0.39 is 0 Å². The van der Waals surface area contributed by atoms with Gasteiger partial charge in [0, 0.05) is 11.8 Å². The van der Waals surface area contributed by atoms with Gasteiger partial charge in [-0.15, -0.1) is 0 Å². The van der Waals surface area contributed by atoms with Crippen molar-refractivity contribution in [1.82, 2.24) is 0 Å². The van der Waals surface area contributed by atoms with Crippen molar-refractivity contribution in [2.75, 3.05) is 0 Å². The van der Waals surface area contributed by atoms with E-state index >= 15 is 0 Å². The van der Waals surface area contributed by atoms with E-state index in [0.29, 0.717) is 5.92 Å². The summed E-state index contributed by atoms with van der Waals surface area (Å²) in [5.41, 5.74) is 1.54. The van der Waals surface area contributed by atoms with E-state index in [2.05, 4.69) is 47.6 Å². The Morgan fingerprint density at radius 1 is 1.22 bits per heavy atom. The van der Waals surface area contributed by atoms with Crippen LogP contribution in [0.1, 0.15) is 60.8 Å². The molecule has 0 unspecified atom stereocenters. The molecule has 0 aromatic carbocycles. The van der Waals surface area contributed by atoms with Crippen LogP contribution in [0.25, 0.3) is 0 Å². The Hall–Kier alpha value is -0.340.